The van der Waals surface area contributed by atoms with Crippen molar-refractivity contribution in [1.82, 2.24) is 0 Å². The molecule has 0 bridgehead atoms. The second kappa shape index (κ2) is 5.42. The topological polar surface area (TPSA) is 17.1 Å². The minimum Gasteiger partial charge on any atom is 1.00 e. The van der Waals surface area contributed by atoms with Crippen molar-refractivity contribution in [2.45, 2.75) is 23.7 Å². The Kier molecular flexibility index (Phi) is 4.48. The van der Waals surface area contributed by atoms with E-state index < -0.39 is 0 Å². The van der Waals surface area contributed by atoms with Gasteiger partial charge in [-0.2, -0.15) is 0 Å². The Bertz CT molecular complexity index is 271. The molecule has 0 radical (unpaired) electrons. The van der Waals surface area contributed by atoms with Crippen LogP contribution in [0.4, 0.5) is 0 Å². The van der Waals surface area contributed by atoms with Gasteiger partial charge < -0.3 is 0 Å². The van der Waals surface area contributed by atoms with Crippen molar-refractivity contribution in [2.24, 2.45) is 0 Å². The maximum atomic E-state index is 10.3. The summed E-state index contributed by atoms with van der Waals surface area (Å²) in [7, 11) is 0. The fourth-order valence-electron chi connectivity index (χ4n) is 1.18. The first kappa shape index (κ1) is 10.8. The fourth-order valence-corrected chi connectivity index (χ4v) is 1.79. The summed E-state index contributed by atoms with van der Waals surface area (Å²) in [5.74, 6) is 0.638. The molecule has 0 fully saturated rings. The third kappa shape index (κ3) is 3.14. The number of carbonyl (C=O) groups is 1. The van der Waals surface area contributed by atoms with Crippen molar-refractivity contribution in [3.63, 3.8) is 0 Å². The molecule has 0 heterocycles. The maximum Gasteiger partial charge on any atom is 1.00 e. The maximum absolute atomic E-state index is 10.3. The summed E-state index contributed by atoms with van der Waals surface area (Å²) in [5, 5.41) is 0. The quantitative estimate of drug-likeness (QED) is 0.612. The van der Waals surface area contributed by atoms with Crippen molar-refractivity contribution in [1.29, 1.82) is 0 Å². The van der Waals surface area contributed by atoms with Crippen LogP contribution in [0, 0.1) is 0 Å². The summed E-state index contributed by atoms with van der Waals surface area (Å²) >= 11 is 1.85. The molecule has 0 aliphatic rings. The third-order valence-electron chi connectivity index (χ3n) is 2.14. The van der Waals surface area contributed by atoms with Gasteiger partial charge in [0.2, 0.25) is 0 Å². The minimum atomic E-state index is 0. The van der Waals surface area contributed by atoms with Gasteiger partial charge in [0.05, 0.1) is 0 Å². The second-order valence-electron chi connectivity index (χ2n) is 3.20. The monoisotopic (exact) mass is 293 g/mol. The Labute approximate surface area is 93.9 Å². The molecule has 0 amide bonds. The van der Waals surface area contributed by atoms with Crippen LogP contribution in [0.3, 0.4) is 0 Å². The Hall–Kier alpha value is -0.320. The van der Waals surface area contributed by atoms with E-state index in [2.05, 4.69) is 19.1 Å². The van der Waals surface area contributed by atoms with Crippen LogP contribution in [0.2, 0.25) is 4.47 Å². The average molecular weight is 291 g/mol. The van der Waals surface area contributed by atoms with Crippen molar-refractivity contribution >= 4 is 28.6 Å². The molecule has 0 aromatic heterocycles. The predicted octanol–water partition coefficient (Wildman–Crippen LogP) is 1.96. The van der Waals surface area contributed by atoms with Crippen LogP contribution < -0.4 is 0 Å². The number of carbonyl (C=O) groups excluding carboxylic acids is 1. The zero-order chi connectivity index (χ0) is 9.68. The van der Waals surface area contributed by atoms with Crippen LogP contribution in [0.1, 0.15) is 25.4 Å². The Balaban J connectivity index is 0.00000169. The molecule has 1 rings (SSSR count). The summed E-state index contributed by atoms with van der Waals surface area (Å²) in [6.45, 7) is 2.23. The van der Waals surface area contributed by atoms with Gasteiger partial charge in [0.25, 0.3) is 0 Å². The zero-order valence-corrected chi connectivity index (χ0v) is 10.3. The van der Waals surface area contributed by atoms with Gasteiger partial charge in [-0.3, -0.25) is 0 Å². The van der Waals surface area contributed by atoms with Gasteiger partial charge in [-0.25, -0.2) is 0 Å². The summed E-state index contributed by atoms with van der Waals surface area (Å²) in [4.78, 5) is 10.3. The Morgan fingerprint density at radius 1 is 1.46 bits per heavy atom. The van der Waals surface area contributed by atoms with Crippen LogP contribution in [-0.4, -0.2) is 28.6 Å². The molecule has 0 spiro atoms. The third-order valence-corrected chi connectivity index (χ3v) is 3.70. The largest absolute Gasteiger partial charge is 1.00 e. The molecule has 1 atom stereocenters. The summed E-state index contributed by atoms with van der Waals surface area (Å²) < 4.78 is 1.21. The SMILES string of the molecule is CC(C[TeH])c1ccc(CC=O)cc1.[H+]. The van der Waals surface area contributed by atoms with Gasteiger partial charge in [-0.15, -0.1) is 0 Å². The van der Waals surface area contributed by atoms with Crippen molar-refractivity contribution in [2.75, 3.05) is 0 Å². The molecule has 1 nitrogen and oxygen atoms in total. The molecule has 0 saturated carbocycles. The fraction of sp³-hybridized carbons (Fsp3) is 0.364. The first-order valence-corrected chi connectivity index (χ1v) is 6.21. The van der Waals surface area contributed by atoms with Crippen molar-refractivity contribution < 1.29 is 6.22 Å². The second-order valence-corrected chi connectivity index (χ2v) is 4.24. The minimum absolute atomic E-state index is 0. The number of rotatable bonds is 4. The molecule has 2 heteroatoms. The standard InChI is InChI=1S/C11H14OTe/c1-9(8-13)11-4-2-10(3-5-11)6-7-12/h2-5,7,9,13H,6,8H2,1H3/p+1. The van der Waals surface area contributed by atoms with Gasteiger partial charge in [-0.05, 0) is 0 Å². The van der Waals surface area contributed by atoms with E-state index in [4.69, 9.17) is 0 Å². The van der Waals surface area contributed by atoms with E-state index in [1.165, 1.54) is 10.0 Å². The molecule has 1 aromatic rings. The number of hydrogen-bond donors (Lipinski definition) is 0. The normalized spacial score (nSPS) is 12.5. The molecule has 1 aromatic carbocycles. The van der Waals surface area contributed by atoms with Crippen molar-refractivity contribution in [3.8, 4) is 0 Å². The first-order valence-electron chi connectivity index (χ1n) is 4.41. The number of hydrogen-bond acceptors (Lipinski definition) is 1. The molecule has 1 unspecified atom stereocenters. The van der Waals surface area contributed by atoms with Crippen LogP contribution in [0.5, 0.6) is 0 Å². The predicted molar refractivity (Wildman–Crippen MR) is 57.7 cm³/mol. The van der Waals surface area contributed by atoms with Gasteiger partial charge in [0, 0.05) is 0 Å². The molecular weight excluding hydrogens is 276 g/mol. The molecule has 0 N–H and O–H groups in total. The average Bonchev–Trinajstić information content (AvgIpc) is 2.18. The molecule has 13 heavy (non-hydrogen) atoms. The first-order chi connectivity index (χ1) is 6.27. The van der Waals surface area contributed by atoms with E-state index in [0.29, 0.717) is 12.3 Å². The van der Waals surface area contributed by atoms with Gasteiger partial charge in [-0.1, -0.05) is 0 Å². The van der Waals surface area contributed by atoms with E-state index in [-0.39, 0.29) is 1.43 Å². The van der Waals surface area contributed by atoms with Crippen LogP contribution in [0.15, 0.2) is 24.3 Å². The molecule has 70 valence electrons. The van der Waals surface area contributed by atoms with Gasteiger partial charge in [0.15, 0.2) is 0 Å². The van der Waals surface area contributed by atoms with Gasteiger partial charge in [0.1, 0.15) is 0 Å². The smallest absolute Gasteiger partial charge is 1.00 e. The summed E-state index contributed by atoms with van der Waals surface area (Å²) in [5.41, 5.74) is 2.47. The molecule has 0 saturated heterocycles. The zero-order valence-electron chi connectivity index (χ0n) is 8.73. The molecular formula is C11H15OTe+. The van der Waals surface area contributed by atoms with Crippen LogP contribution in [0.25, 0.3) is 0 Å². The molecule has 0 aliphatic carbocycles. The summed E-state index contributed by atoms with van der Waals surface area (Å²) in [6, 6.07) is 8.34. The Morgan fingerprint density at radius 3 is 2.54 bits per heavy atom. The van der Waals surface area contributed by atoms with Crippen LogP contribution in [-0.2, 0) is 11.2 Å². The Morgan fingerprint density at radius 2 is 2.08 bits per heavy atom. The number of benzene rings is 1. The van der Waals surface area contributed by atoms with E-state index in [1.54, 1.807) is 0 Å². The van der Waals surface area contributed by atoms with E-state index in [0.717, 1.165) is 11.8 Å². The van der Waals surface area contributed by atoms with E-state index in [1.807, 2.05) is 34.4 Å². The molecule has 0 aliphatic heterocycles. The van der Waals surface area contributed by atoms with Gasteiger partial charge >= 0.3 is 93.9 Å². The van der Waals surface area contributed by atoms with E-state index >= 15 is 0 Å². The van der Waals surface area contributed by atoms with Crippen molar-refractivity contribution in [3.05, 3.63) is 35.4 Å². The van der Waals surface area contributed by atoms with E-state index in [9.17, 15) is 4.79 Å². The summed E-state index contributed by atoms with van der Waals surface area (Å²) in [6.07, 6.45) is 1.48. The van der Waals surface area contributed by atoms with Crippen LogP contribution >= 0.6 is 0 Å². The number of aldehydes is 1.